The summed E-state index contributed by atoms with van der Waals surface area (Å²) in [5, 5.41) is 13.7. The fraction of sp³-hybridized carbons (Fsp3) is 0.417. The molecule has 1 aliphatic rings. The normalized spacial score (nSPS) is 16.6. The van der Waals surface area contributed by atoms with E-state index in [0.717, 1.165) is 28.9 Å². The monoisotopic (exact) mass is 461 g/mol. The van der Waals surface area contributed by atoms with Gasteiger partial charge in [-0.1, -0.05) is 43.3 Å². The first-order valence-electron chi connectivity index (χ1n) is 10.4. The van der Waals surface area contributed by atoms with E-state index in [1.54, 1.807) is 30.0 Å². The van der Waals surface area contributed by atoms with Crippen LogP contribution in [0.2, 0.25) is 0 Å². The van der Waals surface area contributed by atoms with Crippen LogP contribution >= 0.6 is 11.8 Å². The highest BCUT2D eigenvalue weighted by Gasteiger charge is 2.46. The zero-order chi connectivity index (χ0) is 23.4. The van der Waals surface area contributed by atoms with Crippen molar-refractivity contribution in [1.29, 1.82) is 5.26 Å². The number of carbonyl (C=O) groups excluding carboxylic acids is 1. The van der Waals surface area contributed by atoms with Crippen molar-refractivity contribution in [3.05, 3.63) is 54.1 Å². The van der Waals surface area contributed by atoms with Crippen LogP contribution in [0.25, 0.3) is 11.1 Å². The molecule has 8 heteroatoms. The van der Waals surface area contributed by atoms with Gasteiger partial charge in [0, 0.05) is 4.90 Å². The SMILES string of the molecule is CSc1ccc(-c2ccc(C(N[C@@H](CC3(C)CC3)C(=O)NCC#N)C(F)(F)F)cc2)cc1. The molecule has 2 aromatic carbocycles. The number of carbonyl (C=O) groups is 1. The van der Waals surface area contributed by atoms with Gasteiger partial charge in [0.25, 0.3) is 0 Å². The van der Waals surface area contributed by atoms with Crippen LogP contribution in [0.4, 0.5) is 13.2 Å². The van der Waals surface area contributed by atoms with Crippen molar-refractivity contribution in [2.45, 2.75) is 49.3 Å². The van der Waals surface area contributed by atoms with Gasteiger partial charge in [0.05, 0.1) is 12.1 Å². The number of nitrogens with zero attached hydrogens (tertiary/aromatic N) is 1. The van der Waals surface area contributed by atoms with Crippen molar-refractivity contribution in [2.24, 2.45) is 5.41 Å². The summed E-state index contributed by atoms with van der Waals surface area (Å²) in [5.41, 5.74) is 1.63. The van der Waals surface area contributed by atoms with E-state index in [4.69, 9.17) is 5.26 Å². The highest BCUT2D eigenvalue weighted by atomic mass is 32.2. The van der Waals surface area contributed by atoms with E-state index >= 15 is 0 Å². The third kappa shape index (κ3) is 6.27. The molecule has 4 nitrogen and oxygen atoms in total. The summed E-state index contributed by atoms with van der Waals surface area (Å²) in [5.74, 6) is -0.584. The molecule has 170 valence electrons. The fourth-order valence-electron chi connectivity index (χ4n) is 3.62. The zero-order valence-electron chi connectivity index (χ0n) is 18.0. The van der Waals surface area contributed by atoms with Crippen molar-refractivity contribution in [1.82, 2.24) is 10.6 Å². The predicted octanol–water partition coefficient (Wildman–Crippen LogP) is 5.47. The second-order valence-corrected chi connectivity index (χ2v) is 9.31. The minimum atomic E-state index is -4.58. The average Bonchev–Trinajstić information content (AvgIpc) is 3.51. The Kier molecular flexibility index (Phi) is 7.52. The highest BCUT2D eigenvalue weighted by molar-refractivity contribution is 7.98. The van der Waals surface area contributed by atoms with Crippen LogP contribution in [-0.2, 0) is 4.79 Å². The molecule has 1 aliphatic carbocycles. The van der Waals surface area contributed by atoms with Crippen molar-refractivity contribution in [3.8, 4) is 17.2 Å². The summed E-state index contributed by atoms with van der Waals surface area (Å²) < 4.78 is 42.0. The van der Waals surface area contributed by atoms with Crippen LogP contribution in [0.1, 0.15) is 37.8 Å². The molecule has 0 aromatic heterocycles. The van der Waals surface area contributed by atoms with Crippen LogP contribution in [0.15, 0.2) is 53.4 Å². The second kappa shape index (κ2) is 9.97. The van der Waals surface area contributed by atoms with E-state index in [9.17, 15) is 18.0 Å². The Labute approximate surface area is 190 Å². The number of halogens is 3. The first-order chi connectivity index (χ1) is 15.1. The van der Waals surface area contributed by atoms with E-state index < -0.39 is 24.2 Å². The molecule has 2 atom stereocenters. The Bertz CT molecular complexity index is 964. The molecule has 0 radical (unpaired) electrons. The van der Waals surface area contributed by atoms with Gasteiger partial charge in [-0.05, 0) is 59.8 Å². The Morgan fingerprint density at radius 2 is 1.69 bits per heavy atom. The molecular weight excluding hydrogens is 435 g/mol. The first kappa shape index (κ1) is 24.1. The van der Waals surface area contributed by atoms with Crippen molar-refractivity contribution < 1.29 is 18.0 Å². The number of alkyl halides is 3. The number of hydrogen-bond donors (Lipinski definition) is 2. The maximum absolute atomic E-state index is 14.0. The summed E-state index contributed by atoms with van der Waals surface area (Å²) >= 11 is 1.62. The van der Waals surface area contributed by atoms with Gasteiger partial charge in [0.15, 0.2) is 0 Å². The molecule has 2 aromatic rings. The molecule has 32 heavy (non-hydrogen) atoms. The van der Waals surface area contributed by atoms with Gasteiger partial charge in [-0.15, -0.1) is 11.8 Å². The molecule has 2 N–H and O–H groups in total. The van der Waals surface area contributed by atoms with Gasteiger partial charge in [0.2, 0.25) is 5.91 Å². The van der Waals surface area contributed by atoms with E-state index in [0.29, 0.717) is 0 Å². The Morgan fingerprint density at radius 3 is 2.16 bits per heavy atom. The molecular formula is C24H26F3N3OS. The lowest BCUT2D eigenvalue weighted by Gasteiger charge is -2.29. The third-order valence-electron chi connectivity index (χ3n) is 5.82. The smallest absolute Gasteiger partial charge is 0.342 e. The number of nitrogens with one attached hydrogen (secondary N) is 2. The summed E-state index contributed by atoms with van der Waals surface area (Å²) in [6.45, 7) is 1.72. The van der Waals surface area contributed by atoms with Crippen LogP contribution in [0.3, 0.4) is 0 Å². The van der Waals surface area contributed by atoms with Crippen LogP contribution in [0, 0.1) is 16.7 Å². The van der Waals surface area contributed by atoms with Gasteiger partial charge < -0.3 is 5.32 Å². The molecule has 3 rings (SSSR count). The van der Waals surface area contributed by atoms with Crippen molar-refractivity contribution in [2.75, 3.05) is 12.8 Å². The van der Waals surface area contributed by atoms with Gasteiger partial charge in [-0.25, -0.2) is 0 Å². The van der Waals surface area contributed by atoms with E-state index in [2.05, 4.69) is 10.6 Å². The average molecular weight is 462 g/mol. The van der Waals surface area contributed by atoms with Crippen molar-refractivity contribution in [3.63, 3.8) is 0 Å². The number of nitriles is 1. The third-order valence-corrected chi connectivity index (χ3v) is 6.56. The summed E-state index contributed by atoms with van der Waals surface area (Å²) in [4.78, 5) is 13.6. The minimum Gasteiger partial charge on any atom is -0.342 e. The van der Waals surface area contributed by atoms with Gasteiger partial charge in [-0.3, -0.25) is 10.1 Å². The standard InChI is InChI=1S/C24H26F3N3OS/c1-23(11-12-23)15-20(22(31)29-14-13-28)30-21(24(25,26)27)18-5-3-16(4-6-18)17-7-9-19(32-2)10-8-17/h3-10,20-21,30H,11-12,14-15H2,1-2H3,(H,29,31)/t20-,21?/m0/s1. The summed E-state index contributed by atoms with van der Waals surface area (Å²) in [6, 6.07) is 12.8. The summed E-state index contributed by atoms with van der Waals surface area (Å²) in [7, 11) is 0. The zero-order valence-corrected chi connectivity index (χ0v) is 18.8. The van der Waals surface area contributed by atoms with Crippen LogP contribution < -0.4 is 10.6 Å². The molecule has 0 bridgehead atoms. The number of rotatable bonds is 9. The largest absolute Gasteiger partial charge is 0.407 e. The van der Waals surface area contributed by atoms with E-state index in [1.807, 2.05) is 37.4 Å². The lowest BCUT2D eigenvalue weighted by atomic mass is 9.95. The molecule has 0 spiro atoms. The van der Waals surface area contributed by atoms with Crippen LogP contribution in [0.5, 0.6) is 0 Å². The fourth-order valence-corrected chi connectivity index (χ4v) is 4.03. The first-order valence-corrected chi connectivity index (χ1v) is 11.6. The highest BCUT2D eigenvalue weighted by Crippen LogP contribution is 2.49. The topological polar surface area (TPSA) is 64.9 Å². The number of benzene rings is 2. The number of hydrogen-bond acceptors (Lipinski definition) is 4. The van der Waals surface area contributed by atoms with Crippen molar-refractivity contribution >= 4 is 17.7 Å². The second-order valence-electron chi connectivity index (χ2n) is 8.44. The Balaban J connectivity index is 1.82. The lowest BCUT2D eigenvalue weighted by molar-refractivity contribution is -0.161. The lowest BCUT2D eigenvalue weighted by Crippen LogP contribution is -2.49. The minimum absolute atomic E-state index is 0.0426. The maximum atomic E-state index is 14.0. The van der Waals surface area contributed by atoms with E-state index in [-0.39, 0.29) is 23.9 Å². The maximum Gasteiger partial charge on any atom is 0.407 e. The van der Waals surface area contributed by atoms with Gasteiger partial charge >= 0.3 is 6.18 Å². The number of amides is 1. The van der Waals surface area contributed by atoms with Gasteiger partial charge in [-0.2, -0.15) is 18.4 Å². The van der Waals surface area contributed by atoms with Gasteiger partial charge in [0.1, 0.15) is 12.6 Å². The molecule has 1 unspecified atom stereocenters. The molecule has 1 fully saturated rings. The predicted molar refractivity (Wildman–Crippen MR) is 120 cm³/mol. The van der Waals surface area contributed by atoms with E-state index in [1.165, 1.54) is 12.1 Å². The number of thioether (sulfide) groups is 1. The molecule has 1 saturated carbocycles. The summed E-state index contributed by atoms with van der Waals surface area (Å²) in [6.07, 6.45) is -0.573. The quantitative estimate of drug-likeness (QED) is 0.384. The molecule has 1 amide bonds. The molecule has 0 aliphatic heterocycles. The molecule has 0 saturated heterocycles. The Hall–Kier alpha value is -2.50. The Morgan fingerprint density at radius 1 is 1.12 bits per heavy atom. The molecule has 0 heterocycles. The van der Waals surface area contributed by atoms with Crippen LogP contribution in [-0.4, -0.2) is 30.9 Å².